The van der Waals surface area contributed by atoms with Gasteiger partial charge in [0.25, 0.3) is 5.79 Å². The summed E-state index contributed by atoms with van der Waals surface area (Å²) in [5.74, 6) is -5.50. The number of hydrogen-bond acceptors (Lipinski definition) is 8. The van der Waals surface area contributed by atoms with Gasteiger partial charge in [0.05, 0.1) is 6.61 Å². The van der Waals surface area contributed by atoms with Gasteiger partial charge in [-0.15, -0.1) is 0 Å². The molecule has 2 bridgehead atoms. The van der Waals surface area contributed by atoms with Gasteiger partial charge in [0.1, 0.15) is 25.9 Å². The molecule has 224 valence electrons. The van der Waals surface area contributed by atoms with Gasteiger partial charge in [0.15, 0.2) is 12.6 Å². The smallest absolute Gasteiger partial charge is 0.325 e. The van der Waals surface area contributed by atoms with Gasteiger partial charge < -0.3 is 33.9 Å². The first-order valence-electron chi connectivity index (χ1n) is 15.2. The highest BCUT2D eigenvalue weighted by molar-refractivity contribution is 5.69. The number of ether oxygens (including phenoxy) is 5. The van der Waals surface area contributed by atoms with Gasteiger partial charge in [-0.05, 0) is 49.9 Å². The summed E-state index contributed by atoms with van der Waals surface area (Å²) in [6.07, 6.45) is 12.6. The first kappa shape index (κ1) is 29.6. The molecule has 0 aromatic rings. The molecule has 0 amide bonds. The molecular weight excluding hydrogens is 514 g/mol. The van der Waals surface area contributed by atoms with Crippen LogP contribution in [0.5, 0.6) is 0 Å². The van der Waals surface area contributed by atoms with E-state index in [4.69, 9.17) is 23.7 Å². The Balaban J connectivity index is 1.08. The second-order valence-electron chi connectivity index (χ2n) is 12.8. The van der Waals surface area contributed by atoms with Crippen molar-refractivity contribution in [1.29, 1.82) is 0 Å². The highest BCUT2D eigenvalue weighted by Crippen LogP contribution is 2.45. The highest BCUT2D eigenvalue weighted by atomic mass is 19.3. The average molecular weight is 561 g/mol. The van der Waals surface area contributed by atoms with Crippen LogP contribution in [0.3, 0.4) is 0 Å². The molecule has 2 heterocycles. The van der Waals surface area contributed by atoms with Crippen LogP contribution in [0.1, 0.15) is 89.9 Å². The summed E-state index contributed by atoms with van der Waals surface area (Å²) in [5, 5.41) is 19.5. The third kappa shape index (κ3) is 7.68. The molecule has 6 unspecified atom stereocenters. The topological polar surface area (TPSA) is 104 Å². The zero-order valence-corrected chi connectivity index (χ0v) is 22.9. The molecule has 0 spiro atoms. The summed E-state index contributed by atoms with van der Waals surface area (Å²) < 4.78 is 56.6. The first-order chi connectivity index (χ1) is 18.7. The molecule has 2 N–H and O–H groups in total. The average Bonchev–Trinajstić information content (AvgIpc) is 3.35. The number of alkyl halides is 2. The molecule has 3 saturated carbocycles. The molecule has 3 aliphatic carbocycles. The van der Waals surface area contributed by atoms with E-state index in [0.717, 1.165) is 50.4 Å². The van der Waals surface area contributed by atoms with Crippen molar-refractivity contribution in [3.63, 3.8) is 0 Å². The van der Waals surface area contributed by atoms with Crippen molar-refractivity contribution in [2.45, 2.75) is 120 Å². The third-order valence-electron chi connectivity index (χ3n) is 9.68. The fourth-order valence-corrected chi connectivity index (χ4v) is 7.51. The first-order valence-corrected chi connectivity index (χ1v) is 15.2. The zero-order valence-electron chi connectivity index (χ0n) is 22.9. The van der Waals surface area contributed by atoms with E-state index in [-0.39, 0.29) is 37.3 Å². The Labute approximate surface area is 230 Å². The molecule has 39 heavy (non-hydrogen) atoms. The number of aliphatic hydroxyl groups is 2. The molecule has 5 aliphatic rings. The van der Waals surface area contributed by atoms with Crippen molar-refractivity contribution in [3.05, 3.63) is 0 Å². The number of carbonyl (C=O) groups excluding carboxylic acids is 1. The van der Waals surface area contributed by atoms with Gasteiger partial charge in [-0.25, -0.2) is 0 Å². The van der Waals surface area contributed by atoms with Gasteiger partial charge in [-0.1, -0.05) is 51.4 Å². The molecule has 6 atom stereocenters. The third-order valence-corrected chi connectivity index (χ3v) is 9.68. The van der Waals surface area contributed by atoms with Crippen molar-refractivity contribution >= 4 is 5.97 Å². The Morgan fingerprint density at radius 1 is 0.923 bits per heavy atom. The van der Waals surface area contributed by atoms with E-state index in [1.54, 1.807) is 0 Å². The van der Waals surface area contributed by atoms with Crippen LogP contribution in [-0.2, 0) is 28.5 Å². The van der Waals surface area contributed by atoms with Crippen LogP contribution in [0, 0.1) is 29.6 Å². The summed E-state index contributed by atoms with van der Waals surface area (Å²) in [7, 11) is 0. The van der Waals surface area contributed by atoms with Gasteiger partial charge in [0, 0.05) is 18.3 Å². The van der Waals surface area contributed by atoms with Crippen molar-refractivity contribution in [1.82, 2.24) is 0 Å². The Bertz CT molecular complexity index is 774. The van der Waals surface area contributed by atoms with E-state index >= 15 is 0 Å². The van der Waals surface area contributed by atoms with Crippen molar-refractivity contribution in [2.24, 2.45) is 29.6 Å². The lowest BCUT2D eigenvalue weighted by Gasteiger charge is -2.40. The predicted octanol–water partition coefficient (Wildman–Crippen LogP) is 4.54. The number of fused-ring (bicyclic) bond motifs is 2. The second kappa shape index (κ2) is 12.9. The van der Waals surface area contributed by atoms with Crippen LogP contribution in [0.2, 0.25) is 0 Å². The maximum atomic E-state index is 14.1. The van der Waals surface area contributed by atoms with Crippen LogP contribution in [0.15, 0.2) is 0 Å². The number of esters is 1. The minimum atomic E-state index is -3.85. The van der Waals surface area contributed by atoms with E-state index in [2.05, 4.69) is 0 Å². The number of rotatable bonds is 9. The van der Waals surface area contributed by atoms with Gasteiger partial charge >= 0.3 is 11.9 Å². The van der Waals surface area contributed by atoms with Crippen LogP contribution < -0.4 is 0 Å². The summed E-state index contributed by atoms with van der Waals surface area (Å²) >= 11 is 0. The molecule has 2 aliphatic heterocycles. The SMILES string of the molecule is O=C(CCC(CC1CCCCC1)C1OCC(O)(O)C(F)(F)CO1)OCC1COC(C2CC3CCCC(C3)C2)O1. The van der Waals surface area contributed by atoms with Crippen LogP contribution in [-0.4, -0.2) is 73.0 Å². The largest absolute Gasteiger partial charge is 0.463 e. The fraction of sp³-hybridized carbons (Fsp3) is 0.966. The zero-order chi connectivity index (χ0) is 27.5. The molecule has 0 radical (unpaired) electrons. The van der Waals surface area contributed by atoms with Gasteiger partial charge in [-0.2, -0.15) is 8.78 Å². The minimum Gasteiger partial charge on any atom is -0.463 e. The van der Waals surface area contributed by atoms with Gasteiger partial charge in [-0.3, -0.25) is 4.79 Å². The predicted molar refractivity (Wildman–Crippen MR) is 135 cm³/mol. The number of carbonyl (C=O) groups is 1. The molecule has 5 rings (SSSR count). The van der Waals surface area contributed by atoms with Crippen LogP contribution in [0.4, 0.5) is 8.78 Å². The summed E-state index contributed by atoms with van der Waals surface area (Å²) in [4.78, 5) is 12.7. The Hall–Kier alpha value is -0.910. The second-order valence-corrected chi connectivity index (χ2v) is 12.8. The lowest BCUT2D eigenvalue weighted by Crippen LogP contribution is -2.52. The molecule has 10 heteroatoms. The van der Waals surface area contributed by atoms with E-state index in [1.165, 1.54) is 32.1 Å². The summed E-state index contributed by atoms with van der Waals surface area (Å²) in [5.41, 5.74) is 0. The molecular formula is C29H46F2O8. The normalized spacial score (nSPS) is 37.6. The van der Waals surface area contributed by atoms with Crippen LogP contribution in [0.25, 0.3) is 0 Å². The molecule has 2 saturated heterocycles. The maximum Gasteiger partial charge on any atom is 0.325 e. The lowest BCUT2D eigenvalue weighted by atomic mass is 9.68. The van der Waals surface area contributed by atoms with Gasteiger partial charge in [0.2, 0.25) is 0 Å². The Morgan fingerprint density at radius 2 is 1.64 bits per heavy atom. The standard InChI is InChI=1S/C29H46F2O8/c30-28(31)17-37-26(38-18-29(28,33)34)22(12-19-5-2-1-3-6-19)9-10-25(32)35-15-24-16-36-27(39-24)23-13-20-7-4-8-21(11-20)14-23/h19-24,26-27,33-34H,1-18H2. The highest BCUT2D eigenvalue weighted by Gasteiger charge is 2.55. The molecule has 0 aromatic carbocycles. The minimum absolute atomic E-state index is 0.0867. The van der Waals surface area contributed by atoms with E-state index in [9.17, 15) is 23.8 Å². The van der Waals surface area contributed by atoms with Crippen molar-refractivity contribution < 1.29 is 47.5 Å². The molecule has 0 aromatic heterocycles. The molecule has 8 nitrogen and oxygen atoms in total. The maximum absolute atomic E-state index is 14.1. The quantitative estimate of drug-likeness (QED) is 0.313. The lowest BCUT2D eigenvalue weighted by molar-refractivity contribution is -0.305. The Kier molecular flexibility index (Phi) is 9.82. The number of hydrogen-bond donors (Lipinski definition) is 2. The van der Waals surface area contributed by atoms with Crippen molar-refractivity contribution in [2.75, 3.05) is 26.4 Å². The van der Waals surface area contributed by atoms with Crippen LogP contribution >= 0.6 is 0 Å². The van der Waals surface area contributed by atoms with E-state index in [0.29, 0.717) is 31.3 Å². The molecule has 5 fully saturated rings. The van der Waals surface area contributed by atoms with E-state index in [1.807, 2.05) is 0 Å². The van der Waals surface area contributed by atoms with Crippen molar-refractivity contribution in [3.8, 4) is 0 Å². The summed E-state index contributed by atoms with van der Waals surface area (Å²) in [6, 6.07) is 0. The summed E-state index contributed by atoms with van der Waals surface area (Å²) in [6.45, 7) is -1.57. The van der Waals surface area contributed by atoms with E-state index < -0.39 is 31.2 Å². The Morgan fingerprint density at radius 3 is 2.38 bits per heavy atom. The fourth-order valence-electron chi connectivity index (χ4n) is 7.51. The monoisotopic (exact) mass is 560 g/mol. The number of halogens is 2.